The van der Waals surface area contributed by atoms with Crippen LogP contribution in [0.3, 0.4) is 0 Å². The molecule has 0 unspecified atom stereocenters. The molecule has 3 amide bonds. The normalized spacial score (nSPS) is 17.8. The SMILES string of the molecule is CC[C@H]1NC(=O)NC(C)=C1C(=O)NCc1ccc2sccc2c1. The van der Waals surface area contributed by atoms with Crippen molar-refractivity contribution in [3.8, 4) is 0 Å². The number of thiophene rings is 1. The Morgan fingerprint density at radius 2 is 2.17 bits per heavy atom. The Morgan fingerprint density at radius 3 is 2.96 bits per heavy atom. The number of fused-ring (bicyclic) bond motifs is 1. The first-order chi connectivity index (χ1) is 11.1. The summed E-state index contributed by atoms with van der Waals surface area (Å²) in [7, 11) is 0. The summed E-state index contributed by atoms with van der Waals surface area (Å²) in [5, 5.41) is 11.6. The van der Waals surface area contributed by atoms with Gasteiger partial charge in [-0.3, -0.25) is 4.79 Å². The zero-order valence-corrected chi connectivity index (χ0v) is 13.9. The Kier molecular flexibility index (Phi) is 4.34. The standard InChI is InChI=1S/C17H19N3O2S/c1-3-13-15(10(2)19-17(22)20-13)16(21)18-9-11-4-5-14-12(8-11)6-7-23-14/h4-8,13H,3,9H2,1-2H3,(H,18,21)(H2,19,20,22)/t13-/m1/s1. The van der Waals surface area contributed by atoms with E-state index in [4.69, 9.17) is 0 Å². The van der Waals surface area contributed by atoms with Crippen LogP contribution in [0.25, 0.3) is 10.1 Å². The number of urea groups is 1. The Labute approximate surface area is 138 Å². The molecule has 1 aromatic heterocycles. The molecular formula is C17H19N3O2S. The van der Waals surface area contributed by atoms with Gasteiger partial charge in [-0.25, -0.2) is 4.79 Å². The van der Waals surface area contributed by atoms with Gasteiger partial charge in [-0.15, -0.1) is 11.3 Å². The molecule has 120 valence electrons. The monoisotopic (exact) mass is 329 g/mol. The summed E-state index contributed by atoms with van der Waals surface area (Å²) in [6, 6.07) is 7.76. The van der Waals surface area contributed by atoms with Gasteiger partial charge in [0.05, 0.1) is 11.6 Å². The molecule has 0 fully saturated rings. The summed E-state index contributed by atoms with van der Waals surface area (Å²) in [5.41, 5.74) is 2.28. The Bertz CT molecular complexity index is 794. The topological polar surface area (TPSA) is 70.2 Å². The van der Waals surface area contributed by atoms with Crippen LogP contribution in [0.15, 0.2) is 40.9 Å². The molecule has 0 bridgehead atoms. The highest BCUT2D eigenvalue weighted by Crippen LogP contribution is 2.22. The van der Waals surface area contributed by atoms with Crippen LogP contribution in [-0.4, -0.2) is 18.0 Å². The Hall–Kier alpha value is -2.34. The lowest BCUT2D eigenvalue weighted by atomic mass is 10.00. The van der Waals surface area contributed by atoms with E-state index in [2.05, 4.69) is 39.5 Å². The Morgan fingerprint density at radius 1 is 1.35 bits per heavy atom. The number of hydrogen-bond donors (Lipinski definition) is 3. The van der Waals surface area contributed by atoms with Crippen LogP contribution in [-0.2, 0) is 11.3 Å². The second kappa shape index (κ2) is 6.42. The van der Waals surface area contributed by atoms with Crippen LogP contribution >= 0.6 is 11.3 Å². The molecule has 23 heavy (non-hydrogen) atoms. The van der Waals surface area contributed by atoms with E-state index in [-0.39, 0.29) is 18.0 Å². The molecule has 1 aliphatic heterocycles. The first kappa shape index (κ1) is 15.6. The van der Waals surface area contributed by atoms with Gasteiger partial charge in [0, 0.05) is 16.9 Å². The first-order valence-electron chi connectivity index (χ1n) is 7.61. The molecule has 0 spiro atoms. The molecule has 3 rings (SSSR count). The summed E-state index contributed by atoms with van der Waals surface area (Å²) in [4.78, 5) is 24.0. The summed E-state index contributed by atoms with van der Waals surface area (Å²) in [6.45, 7) is 4.17. The number of hydrogen-bond acceptors (Lipinski definition) is 3. The van der Waals surface area contributed by atoms with Crippen LogP contribution in [0, 0.1) is 0 Å². The number of benzene rings is 1. The van der Waals surface area contributed by atoms with Crippen molar-refractivity contribution in [1.29, 1.82) is 0 Å². The minimum Gasteiger partial charge on any atom is -0.348 e. The molecule has 2 heterocycles. The van der Waals surface area contributed by atoms with Crippen molar-refractivity contribution in [1.82, 2.24) is 16.0 Å². The summed E-state index contributed by atoms with van der Waals surface area (Å²) in [5.74, 6) is -0.146. The smallest absolute Gasteiger partial charge is 0.319 e. The minimum atomic E-state index is -0.256. The van der Waals surface area contributed by atoms with Gasteiger partial charge in [-0.2, -0.15) is 0 Å². The summed E-state index contributed by atoms with van der Waals surface area (Å²) < 4.78 is 1.24. The van der Waals surface area contributed by atoms with Crippen LogP contribution in [0.5, 0.6) is 0 Å². The van der Waals surface area contributed by atoms with Gasteiger partial charge >= 0.3 is 6.03 Å². The van der Waals surface area contributed by atoms with Gasteiger partial charge in [-0.1, -0.05) is 13.0 Å². The molecule has 1 atom stereocenters. The van der Waals surface area contributed by atoms with E-state index in [9.17, 15) is 9.59 Å². The van der Waals surface area contributed by atoms with E-state index in [1.807, 2.05) is 13.0 Å². The third-order valence-electron chi connectivity index (χ3n) is 3.98. The maximum Gasteiger partial charge on any atom is 0.319 e. The molecule has 0 radical (unpaired) electrons. The van der Waals surface area contributed by atoms with E-state index in [1.165, 1.54) is 10.1 Å². The van der Waals surface area contributed by atoms with Crippen molar-refractivity contribution in [3.05, 3.63) is 46.5 Å². The molecule has 0 saturated heterocycles. The lowest BCUT2D eigenvalue weighted by Crippen LogP contribution is -2.51. The molecule has 3 N–H and O–H groups in total. The minimum absolute atomic E-state index is 0.146. The predicted molar refractivity (Wildman–Crippen MR) is 92.1 cm³/mol. The molecule has 2 aromatic rings. The van der Waals surface area contributed by atoms with Crippen molar-refractivity contribution >= 4 is 33.4 Å². The molecule has 0 saturated carbocycles. The first-order valence-corrected chi connectivity index (χ1v) is 8.49. The average Bonchev–Trinajstić information content (AvgIpc) is 2.99. The highest BCUT2D eigenvalue weighted by molar-refractivity contribution is 7.17. The van der Waals surface area contributed by atoms with Crippen LogP contribution in [0.4, 0.5) is 4.79 Å². The number of carbonyl (C=O) groups excluding carboxylic acids is 2. The van der Waals surface area contributed by atoms with Gasteiger partial charge < -0.3 is 16.0 Å². The van der Waals surface area contributed by atoms with Crippen molar-refractivity contribution in [2.45, 2.75) is 32.9 Å². The van der Waals surface area contributed by atoms with Crippen LogP contribution < -0.4 is 16.0 Å². The fraction of sp³-hybridized carbons (Fsp3) is 0.294. The molecule has 6 heteroatoms. The zero-order valence-electron chi connectivity index (χ0n) is 13.1. The lowest BCUT2D eigenvalue weighted by molar-refractivity contribution is -0.118. The van der Waals surface area contributed by atoms with Gasteiger partial charge in [0.15, 0.2) is 0 Å². The van der Waals surface area contributed by atoms with Gasteiger partial charge in [0.25, 0.3) is 5.91 Å². The summed E-state index contributed by atoms with van der Waals surface area (Å²) in [6.07, 6.45) is 0.675. The highest BCUT2D eigenvalue weighted by Gasteiger charge is 2.28. The number of amides is 3. The van der Waals surface area contributed by atoms with Gasteiger partial charge in [-0.05, 0) is 47.9 Å². The molecule has 0 aliphatic carbocycles. The van der Waals surface area contributed by atoms with Crippen molar-refractivity contribution in [2.75, 3.05) is 0 Å². The predicted octanol–water partition coefficient (Wildman–Crippen LogP) is 2.88. The molecule has 1 aliphatic rings. The van der Waals surface area contributed by atoms with Crippen LogP contribution in [0.2, 0.25) is 0 Å². The van der Waals surface area contributed by atoms with Gasteiger partial charge in [0.2, 0.25) is 0 Å². The van der Waals surface area contributed by atoms with Gasteiger partial charge in [0.1, 0.15) is 0 Å². The number of carbonyl (C=O) groups is 2. The average molecular weight is 329 g/mol. The van der Waals surface area contributed by atoms with Crippen molar-refractivity contribution in [3.63, 3.8) is 0 Å². The number of rotatable bonds is 4. The van der Waals surface area contributed by atoms with E-state index in [0.29, 0.717) is 24.2 Å². The van der Waals surface area contributed by atoms with E-state index < -0.39 is 0 Å². The van der Waals surface area contributed by atoms with E-state index >= 15 is 0 Å². The third-order valence-corrected chi connectivity index (χ3v) is 4.88. The third kappa shape index (κ3) is 3.22. The Balaban J connectivity index is 1.73. The number of nitrogens with one attached hydrogen (secondary N) is 3. The lowest BCUT2D eigenvalue weighted by Gasteiger charge is -2.27. The van der Waals surface area contributed by atoms with E-state index in [0.717, 1.165) is 5.56 Å². The summed E-state index contributed by atoms with van der Waals surface area (Å²) >= 11 is 1.70. The highest BCUT2D eigenvalue weighted by atomic mass is 32.1. The van der Waals surface area contributed by atoms with E-state index in [1.54, 1.807) is 18.3 Å². The van der Waals surface area contributed by atoms with Crippen LogP contribution in [0.1, 0.15) is 25.8 Å². The largest absolute Gasteiger partial charge is 0.348 e. The zero-order chi connectivity index (χ0) is 16.4. The maximum atomic E-state index is 12.5. The number of allylic oxidation sites excluding steroid dienone is 1. The molecular weight excluding hydrogens is 310 g/mol. The fourth-order valence-electron chi connectivity index (χ4n) is 2.80. The maximum absolute atomic E-state index is 12.5. The quantitative estimate of drug-likeness (QED) is 0.807. The van der Waals surface area contributed by atoms with Crippen molar-refractivity contribution < 1.29 is 9.59 Å². The fourth-order valence-corrected chi connectivity index (χ4v) is 3.57. The van der Waals surface area contributed by atoms with Crippen molar-refractivity contribution in [2.24, 2.45) is 0 Å². The molecule has 1 aromatic carbocycles. The second-order valence-electron chi connectivity index (χ2n) is 5.57. The second-order valence-corrected chi connectivity index (χ2v) is 6.52. The molecule has 5 nitrogen and oxygen atoms in total.